The lowest BCUT2D eigenvalue weighted by atomic mass is 10.1. The molecule has 0 amide bonds. The maximum Gasteiger partial charge on any atom is 0.228 e. The summed E-state index contributed by atoms with van der Waals surface area (Å²) in [6.07, 6.45) is 6.86. The number of H-pyrrole nitrogens is 1. The van der Waals surface area contributed by atoms with Crippen LogP contribution in [0.2, 0.25) is 0 Å². The van der Waals surface area contributed by atoms with Gasteiger partial charge in [-0.2, -0.15) is 5.06 Å². The summed E-state index contributed by atoms with van der Waals surface area (Å²) in [7, 11) is 0. The third kappa shape index (κ3) is 4.10. The Kier molecular flexibility index (Phi) is 5.05. The van der Waals surface area contributed by atoms with Crippen LogP contribution in [-0.4, -0.2) is 50.0 Å². The van der Waals surface area contributed by atoms with E-state index in [1.54, 1.807) is 41.7 Å². The zero-order valence-electron chi connectivity index (χ0n) is 16.9. The van der Waals surface area contributed by atoms with Crippen LogP contribution in [0.15, 0.2) is 73.0 Å². The minimum atomic E-state index is -0.312. The summed E-state index contributed by atoms with van der Waals surface area (Å²) in [5.74, 6) is 1.62. The Labute approximate surface area is 179 Å². The van der Waals surface area contributed by atoms with Gasteiger partial charge in [0.05, 0.1) is 29.5 Å². The predicted molar refractivity (Wildman–Crippen MR) is 116 cm³/mol. The number of carbonyl (C=O) groups excluding carboxylic acids is 1. The summed E-state index contributed by atoms with van der Waals surface area (Å²) in [6.45, 7) is 1.48. The summed E-state index contributed by atoms with van der Waals surface area (Å²) in [4.78, 5) is 28.2. The van der Waals surface area contributed by atoms with E-state index >= 15 is 0 Å². The van der Waals surface area contributed by atoms with Crippen molar-refractivity contribution in [3.63, 3.8) is 0 Å². The van der Waals surface area contributed by atoms with E-state index in [2.05, 4.69) is 20.2 Å². The van der Waals surface area contributed by atoms with E-state index in [1.165, 1.54) is 0 Å². The van der Waals surface area contributed by atoms with Crippen molar-refractivity contribution in [3.05, 3.63) is 84.3 Å². The van der Waals surface area contributed by atoms with E-state index in [4.69, 9.17) is 4.84 Å². The Morgan fingerprint density at radius 2 is 2.00 bits per heavy atom. The molecule has 0 aliphatic carbocycles. The molecule has 1 atom stereocenters. The molecule has 1 aromatic heterocycles. The number of likely N-dealkylation sites (tertiary alicyclic amines) is 1. The fourth-order valence-electron chi connectivity index (χ4n) is 3.79. The second-order valence-electron chi connectivity index (χ2n) is 7.62. The average Bonchev–Trinajstić information content (AvgIpc) is 3.24. The highest BCUT2D eigenvalue weighted by Crippen LogP contribution is 2.20. The van der Waals surface area contributed by atoms with Crippen LogP contribution in [0, 0.1) is 0 Å². The Morgan fingerprint density at radius 1 is 1.16 bits per heavy atom. The van der Waals surface area contributed by atoms with Crippen molar-refractivity contribution >= 4 is 16.8 Å². The van der Waals surface area contributed by atoms with Crippen LogP contribution < -0.4 is 10.2 Å². The van der Waals surface area contributed by atoms with Crippen molar-refractivity contribution in [2.24, 2.45) is 0 Å². The molecular formula is C23H23N5O3. The topological polar surface area (TPSA) is 93.7 Å². The average molecular weight is 417 g/mol. The molecule has 2 aromatic carbocycles. The number of hydrogen-bond acceptors (Lipinski definition) is 7. The summed E-state index contributed by atoms with van der Waals surface area (Å²) >= 11 is 0. The molecule has 0 spiro atoms. The van der Waals surface area contributed by atoms with E-state index in [0.717, 1.165) is 36.2 Å². The molecule has 8 nitrogen and oxygen atoms in total. The summed E-state index contributed by atoms with van der Waals surface area (Å²) in [5, 5.41) is 14.7. The third-order valence-electron chi connectivity index (χ3n) is 5.37. The number of aliphatic hydroxyl groups excluding tert-OH is 1. The van der Waals surface area contributed by atoms with Gasteiger partial charge >= 0.3 is 0 Å². The van der Waals surface area contributed by atoms with Gasteiger partial charge < -0.3 is 25.1 Å². The summed E-state index contributed by atoms with van der Waals surface area (Å²) in [6, 6.07) is 14.5. The number of piperidine rings is 1. The number of aromatic nitrogens is 2. The number of hydroxylamine groups is 2. The van der Waals surface area contributed by atoms with Gasteiger partial charge in [0.1, 0.15) is 5.82 Å². The number of rotatable bonds is 5. The molecule has 3 heterocycles. The van der Waals surface area contributed by atoms with Crippen LogP contribution in [0.25, 0.3) is 11.0 Å². The van der Waals surface area contributed by atoms with Crippen LogP contribution in [-0.2, 0) is 0 Å². The second kappa shape index (κ2) is 8.16. The van der Waals surface area contributed by atoms with Crippen LogP contribution in [0.3, 0.4) is 0 Å². The number of ketones is 1. The molecule has 31 heavy (non-hydrogen) atoms. The molecule has 158 valence electrons. The van der Waals surface area contributed by atoms with Crippen molar-refractivity contribution in [1.82, 2.24) is 25.2 Å². The number of aromatic amines is 1. The van der Waals surface area contributed by atoms with Gasteiger partial charge in [0.15, 0.2) is 11.6 Å². The highest BCUT2D eigenvalue weighted by atomic mass is 16.7. The highest BCUT2D eigenvalue weighted by molar-refractivity contribution is 6.08. The van der Waals surface area contributed by atoms with Crippen LogP contribution in [0.5, 0.6) is 5.75 Å². The number of imidazole rings is 1. The van der Waals surface area contributed by atoms with Crippen molar-refractivity contribution in [3.8, 4) is 5.75 Å². The summed E-state index contributed by atoms with van der Waals surface area (Å²) in [5.41, 5.74) is 2.13. The van der Waals surface area contributed by atoms with Crippen molar-refractivity contribution in [2.45, 2.75) is 18.9 Å². The molecule has 0 bridgehead atoms. The molecule has 1 unspecified atom stereocenters. The molecule has 1 saturated heterocycles. The molecule has 5 rings (SSSR count). The standard InChI is InChI=1S/C23H23N5O3/c29-17-4-3-12-27(14-17)21-15-28(13-11-24-21)31-18-9-7-16(8-10-18)22(30)23-25-19-5-1-2-6-20(19)26-23/h1-2,5-11,13,15,17,24,29H,3-4,12,14H2,(H,25,26). The molecular weight excluding hydrogens is 394 g/mol. The number of hydrogen-bond donors (Lipinski definition) is 3. The zero-order chi connectivity index (χ0) is 21.2. The lowest BCUT2D eigenvalue weighted by Gasteiger charge is -2.35. The van der Waals surface area contributed by atoms with Gasteiger partial charge in [-0.25, -0.2) is 4.98 Å². The number of carbonyl (C=O) groups is 1. The number of para-hydroxylation sites is 2. The van der Waals surface area contributed by atoms with E-state index < -0.39 is 0 Å². The number of benzene rings is 2. The smallest absolute Gasteiger partial charge is 0.228 e. The first-order valence-electron chi connectivity index (χ1n) is 10.3. The van der Waals surface area contributed by atoms with E-state index in [0.29, 0.717) is 23.7 Å². The van der Waals surface area contributed by atoms with Crippen molar-refractivity contribution in [2.75, 3.05) is 13.1 Å². The monoisotopic (exact) mass is 417 g/mol. The number of aliphatic hydroxyl groups is 1. The Balaban J connectivity index is 1.27. The highest BCUT2D eigenvalue weighted by Gasteiger charge is 2.21. The van der Waals surface area contributed by atoms with E-state index in [9.17, 15) is 9.90 Å². The van der Waals surface area contributed by atoms with Crippen LogP contribution in [0.4, 0.5) is 0 Å². The fraction of sp³-hybridized carbons (Fsp3) is 0.217. The van der Waals surface area contributed by atoms with Crippen LogP contribution >= 0.6 is 0 Å². The maximum absolute atomic E-state index is 12.8. The fourth-order valence-corrected chi connectivity index (χ4v) is 3.79. The zero-order valence-corrected chi connectivity index (χ0v) is 16.9. The lowest BCUT2D eigenvalue weighted by molar-refractivity contribution is 0.0334. The minimum Gasteiger partial charge on any atom is -0.391 e. The van der Waals surface area contributed by atoms with Crippen molar-refractivity contribution < 1.29 is 14.7 Å². The Bertz CT molecular complexity index is 1120. The molecule has 3 aromatic rings. The normalized spacial score (nSPS) is 18.6. The molecule has 1 fully saturated rings. The summed E-state index contributed by atoms with van der Waals surface area (Å²) < 4.78 is 0. The first kappa shape index (κ1) is 19.2. The molecule has 2 aliphatic rings. The molecule has 8 heteroatoms. The van der Waals surface area contributed by atoms with Gasteiger partial charge in [-0.1, -0.05) is 12.1 Å². The van der Waals surface area contributed by atoms with Gasteiger partial charge in [-0.15, -0.1) is 0 Å². The lowest BCUT2D eigenvalue weighted by Crippen LogP contribution is -2.42. The molecule has 0 radical (unpaired) electrons. The maximum atomic E-state index is 12.8. The Morgan fingerprint density at radius 3 is 2.81 bits per heavy atom. The van der Waals surface area contributed by atoms with Gasteiger partial charge in [0.2, 0.25) is 5.78 Å². The number of nitrogens with one attached hydrogen (secondary N) is 2. The van der Waals surface area contributed by atoms with Gasteiger partial charge in [0.25, 0.3) is 0 Å². The molecule has 0 saturated carbocycles. The van der Waals surface area contributed by atoms with Gasteiger partial charge in [-0.05, 0) is 49.2 Å². The van der Waals surface area contributed by atoms with E-state index in [1.807, 2.05) is 30.5 Å². The third-order valence-corrected chi connectivity index (χ3v) is 5.37. The Hall–Kier alpha value is -3.78. The quantitative estimate of drug-likeness (QED) is 0.550. The van der Waals surface area contributed by atoms with Gasteiger partial charge in [0, 0.05) is 24.9 Å². The van der Waals surface area contributed by atoms with E-state index in [-0.39, 0.29) is 11.9 Å². The number of nitrogens with zero attached hydrogens (tertiary/aromatic N) is 3. The second-order valence-corrected chi connectivity index (χ2v) is 7.62. The number of β-amino-alcohol motifs (C(OH)–C–C–N with tert-alkyl or cyclic N) is 1. The largest absolute Gasteiger partial charge is 0.391 e. The van der Waals surface area contributed by atoms with Gasteiger partial charge in [-0.3, -0.25) is 4.79 Å². The predicted octanol–water partition coefficient (Wildman–Crippen LogP) is 2.72. The molecule has 2 aliphatic heterocycles. The minimum absolute atomic E-state index is 0.171. The first-order chi connectivity index (χ1) is 15.2. The van der Waals surface area contributed by atoms with Crippen molar-refractivity contribution in [1.29, 1.82) is 0 Å². The SMILES string of the molecule is O=C(c1ccc(ON2C=CNC(N3CCCC(O)C3)=C2)cc1)c1nc2ccccc2[nH]1. The van der Waals surface area contributed by atoms with Crippen LogP contribution in [0.1, 0.15) is 29.0 Å². The number of fused-ring (bicyclic) bond motifs is 1. The molecule has 3 N–H and O–H groups in total. The first-order valence-corrected chi connectivity index (χ1v) is 10.3.